The Morgan fingerprint density at radius 2 is 1.71 bits per heavy atom. The van der Waals surface area contributed by atoms with Crippen LogP contribution in [0.3, 0.4) is 0 Å². The monoisotopic (exact) mass is 507 g/mol. The van der Waals surface area contributed by atoms with E-state index in [1.54, 1.807) is 0 Å². The van der Waals surface area contributed by atoms with Gasteiger partial charge in [-0.15, -0.1) is 0 Å². The number of ether oxygens (including phenoxy) is 1. The van der Waals surface area contributed by atoms with Crippen LogP contribution in [-0.2, 0) is 13.7 Å². The van der Waals surface area contributed by atoms with Crippen molar-refractivity contribution in [2.24, 2.45) is 7.05 Å². The highest BCUT2D eigenvalue weighted by molar-refractivity contribution is 6.38. The number of aromatic nitrogens is 3. The Kier molecular flexibility index (Phi) is 6.17. The minimum absolute atomic E-state index is 0.0652. The zero-order valence-electron chi connectivity index (χ0n) is 19.5. The maximum atomic E-state index is 11.7. The van der Waals surface area contributed by atoms with Gasteiger partial charge in [0.1, 0.15) is 33.9 Å². The van der Waals surface area contributed by atoms with Crippen LogP contribution in [0.1, 0.15) is 31.1 Å². The smallest absolute Gasteiger partial charge is 0.199 e. The number of fused-ring (bicyclic) bond motifs is 1. The summed E-state index contributed by atoms with van der Waals surface area (Å²) in [6, 6.07) is 16.5. The third-order valence-electron chi connectivity index (χ3n) is 6.00. The molecule has 3 aromatic heterocycles. The Hall–Kier alpha value is -3.48. The van der Waals surface area contributed by atoms with Crippen molar-refractivity contribution in [2.75, 3.05) is 0 Å². The Morgan fingerprint density at radius 1 is 1.03 bits per heavy atom. The maximum absolute atomic E-state index is 11.7. The molecule has 0 aliphatic rings. The summed E-state index contributed by atoms with van der Waals surface area (Å²) >= 11 is 12.7. The van der Waals surface area contributed by atoms with E-state index in [1.807, 2.05) is 45.2 Å². The fourth-order valence-corrected chi connectivity index (χ4v) is 4.81. The van der Waals surface area contributed by atoms with Crippen LogP contribution in [0.5, 0.6) is 5.75 Å². The number of rotatable bonds is 6. The lowest BCUT2D eigenvalue weighted by molar-refractivity contribution is -0.605. The van der Waals surface area contributed by atoms with E-state index in [-0.39, 0.29) is 22.6 Å². The van der Waals surface area contributed by atoms with Crippen LogP contribution in [0.2, 0.25) is 10.0 Å². The summed E-state index contributed by atoms with van der Waals surface area (Å²) in [5, 5.41) is 17.5. The van der Waals surface area contributed by atoms with E-state index in [0.29, 0.717) is 27.5 Å². The Labute approximate surface area is 212 Å². The van der Waals surface area contributed by atoms with Crippen molar-refractivity contribution in [2.45, 2.75) is 26.4 Å². The summed E-state index contributed by atoms with van der Waals surface area (Å²) < 4.78 is 14.4. The lowest BCUT2D eigenvalue weighted by Gasteiger charge is -2.11. The Bertz CT molecular complexity index is 1500. The van der Waals surface area contributed by atoms with E-state index in [2.05, 4.69) is 40.2 Å². The second-order valence-electron chi connectivity index (χ2n) is 8.73. The number of aryl methyl sites for hydroxylation is 1. The van der Waals surface area contributed by atoms with E-state index in [0.717, 1.165) is 16.7 Å². The zero-order valence-corrected chi connectivity index (χ0v) is 21.0. The standard InChI is InChI=1S/C27H23Cl2N3O3/c1-16(2)27-21(26(30-35-27)25-22(28)13-32(33)14-23(25)29)15-34-20-8-6-17(7-9-20)19-5-4-18-10-11-31(3)24(18)12-19/h4-14,16H,15H2,1-3H3. The minimum atomic E-state index is 0.0652. The molecular weight excluding hydrogens is 485 g/mol. The van der Waals surface area contributed by atoms with Crippen molar-refractivity contribution >= 4 is 34.1 Å². The molecule has 0 aliphatic carbocycles. The normalized spacial score (nSPS) is 11.5. The molecule has 8 heteroatoms. The summed E-state index contributed by atoms with van der Waals surface area (Å²) in [7, 11) is 2.04. The van der Waals surface area contributed by atoms with Crippen LogP contribution in [-0.4, -0.2) is 9.72 Å². The molecule has 0 aliphatic heterocycles. The number of benzene rings is 2. The van der Waals surface area contributed by atoms with Gasteiger partial charge >= 0.3 is 0 Å². The molecule has 2 aromatic carbocycles. The fraction of sp³-hybridized carbons (Fsp3) is 0.185. The van der Waals surface area contributed by atoms with Crippen molar-refractivity contribution in [3.8, 4) is 28.1 Å². The zero-order chi connectivity index (χ0) is 24.7. The van der Waals surface area contributed by atoms with Crippen molar-refractivity contribution < 1.29 is 14.0 Å². The second-order valence-corrected chi connectivity index (χ2v) is 9.55. The van der Waals surface area contributed by atoms with Crippen LogP contribution in [0.4, 0.5) is 0 Å². The molecule has 0 spiro atoms. The molecule has 5 aromatic rings. The van der Waals surface area contributed by atoms with Gasteiger partial charge in [-0.25, -0.2) is 0 Å². The van der Waals surface area contributed by atoms with Crippen molar-refractivity contribution in [3.05, 3.63) is 93.7 Å². The molecule has 0 N–H and O–H groups in total. The predicted molar refractivity (Wildman–Crippen MR) is 138 cm³/mol. The molecule has 6 nitrogen and oxygen atoms in total. The van der Waals surface area contributed by atoms with Crippen molar-refractivity contribution in [3.63, 3.8) is 0 Å². The number of pyridine rings is 1. The molecule has 0 radical (unpaired) electrons. The average Bonchev–Trinajstić information content (AvgIpc) is 3.41. The van der Waals surface area contributed by atoms with Crippen LogP contribution in [0, 0.1) is 5.21 Å². The summed E-state index contributed by atoms with van der Waals surface area (Å²) in [5.74, 6) is 1.45. The van der Waals surface area contributed by atoms with Gasteiger partial charge in [-0.2, -0.15) is 4.73 Å². The molecule has 0 atom stereocenters. The molecule has 0 bridgehead atoms. The maximum Gasteiger partial charge on any atom is 0.199 e. The molecule has 178 valence electrons. The summed E-state index contributed by atoms with van der Waals surface area (Å²) in [4.78, 5) is 0. The highest BCUT2D eigenvalue weighted by Crippen LogP contribution is 2.38. The van der Waals surface area contributed by atoms with Crippen molar-refractivity contribution in [1.82, 2.24) is 9.72 Å². The van der Waals surface area contributed by atoms with Gasteiger partial charge in [0.2, 0.25) is 0 Å². The average molecular weight is 508 g/mol. The molecule has 0 fully saturated rings. The van der Waals surface area contributed by atoms with Gasteiger partial charge in [0.05, 0.1) is 11.1 Å². The molecule has 35 heavy (non-hydrogen) atoms. The third-order valence-corrected chi connectivity index (χ3v) is 6.57. The van der Waals surface area contributed by atoms with E-state index >= 15 is 0 Å². The minimum Gasteiger partial charge on any atom is -0.619 e. The van der Waals surface area contributed by atoms with Crippen LogP contribution < -0.4 is 9.47 Å². The summed E-state index contributed by atoms with van der Waals surface area (Å²) in [6.45, 7) is 4.22. The Balaban J connectivity index is 1.41. The molecular formula is C27H23Cl2N3O3. The van der Waals surface area contributed by atoms with Gasteiger partial charge in [-0.05, 0) is 40.8 Å². The highest BCUT2D eigenvalue weighted by Gasteiger charge is 2.25. The lowest BCUT2D eigenvalue weighted by atomic mass is 10.0. The lowest BCUT2D eigenvalue weighted by Crippen LogP contribution is -2.24. The molecule has 3 heterocycles. The molecule has 5 rings (SSSR count). The van der Waals surface area contributed by atoms with Gasteiger partial charge in [0, 0.05) is 24.7 Å². The molecule has 0 saturated heterocycles. The fourth-order valence-electron chi connectivity index (χ4n) is 4.18. The third kappa shape index (κ3) is 4.47. The van der Waals surface area contributed by atoms with E-state index in [9.17, 15) is 5.21 Å². The first-order chi connectivity index (χ1) is 16.8. The van der Waals surface area contributed by atoms with Crippen molar-refractivity contribution in [1.29, 1.82) is 0 Å². The summed E-state index contributed by atoms with van der Waals surface area (Å²) in [6.07, 6.45) is 4.54. The van der Waals surface area contributed by atoms with Gasteiger partial charge in [0.15, 0.2) is 12.4 Å². The second kappa shape index (κ2) is 9.29. The first kappa shape index (κ1) is 23.3. The number of hydrogen-bond donors (Lipinski definition) is 0. The van der Waals surface area contributed by atoms with Gasteiger partial charge < -0.3 is 19.0 Å². The molecule has 0 saturated carbocycles. The molecule has 0 unspecified atom stereocenters. The topological polar surface area (TPSA) is 67.1 Å². The van der Waals surface area contributed by atoms with Gasteiger partial charge in [-0.3, -0.25) is 0 Å². The molecule has 0 amide bonds. The van der Waals surface area contributed by atoms with E-state index < -0.39 is 0 Å². The number of hydrogen-bond acceptors (Lipinski definition) is 4. The highest BCUT2D eigenvalue weighted by atomic mass is 35.5. The van der Waals surface area contributed by atoms with E-state index in [4.69, 9.17) is 32.5 Å². The number of nitrogens with zero attached hydrogens (tertiary/aromatic N) is 3. The predicted octanol–water partition coefficient (Wildman–Crippen LogP) is 7.14. The summed E-state index contributed by atoms with van der Waals surface area (Å²) in [5.41, 5.74) is 5.08. The SMILES string of the molecule is CC(C)c1onc(-c2c(Cl)c[n+]([O-])cc2Cl)c1COc1ccc(-c2ccc3ccn(C)c3c2)cc1. The van der Waals surface area contributed by atoms with Crippen LogP contribution in [0.15, 0.2) is 71.6 Å². The van der Waals surface area contributed by atoms with Gasteiger partial charge in [-0.1, -0.05) is 66.5 Å². The largest absolute Gasteiger partial charge is 0.619 e. The van der Waals surface area contributed by atoms with Gasteiger partial charge in [0.25, 0.3) is 0 Å². The van der Waals surface area contributed by atoms with E-state index in [1.165, 1.54) is 23.3 Å². The Morgan fingerprint density at radius 3 is 2.40 bits per heavy atom. The van der Waals surface area contributed by atoms with Crippen LogP contribution in [0.25, 0.3) is 33.3 Å². The first-order valence-electron chi connectivity index (χ1n) is 11.2. The first-order valence-corrected chi connectivity index (χ1v) is 11.9. The quantitative estimate of drug-likeness (QED) is 0.181. The van der Waals surface area contributed by atoms with Crippen LogP contribution >= 0.6 is 23.2 Å². The number of halogens is 2.